The molecule has 194 valence electrons. The Labute approximate surface area is 218 Å². The number of rotatable bonds is 9. The summed E-state index contributed by atoms with van der Waals surface area (Å²) in [6, 6.07) is 19.2. The highest BCUT2D eigenvalue weighted by atomic mass is 16.7. The molecule has 0 aliphatic carbocycles. The van der Waals surface area contributed by atoms with Gasteiger partial charge in [0.25, 0.3) is 17.7 Å². The zero-order valence-corrected chi connectivity index (χ0v) is 20.6. The summed E-state index contributed by atoms with van der Waals surface area (Å²) in [5.74, 6) is -1.14. The fraction of sp³-hybridized carbons (Fsp3) is 0.179. The van der Waals surface area contributed by atoms with Crippen molar-refractivity contribution in [3.63, 3.8) is 0 Å². The Kier molecular flexibility index (Phi) is 8.12. The van der Waals surface area contributed by atoms with Crippen molar-refractivity contribution in [1.29, 1.82) is 0 Å². The van der Waals surface area contributed by atoms with E-state index in [0.717, 1.165) is 4.90 Å². The first-order chi connectivity index (χ1) is 18.4. The number of hydrogen-bond donors (Lipinski definition) is 2. The molecule has 0 unspecified atom stereocenters. The Hall–Kier alpha value is -4.99. The number of carbonyl (C=O) groups is 5. The summed E-state index contributed by atoms with van der Waals surface area (Å²) in [7, 11) is 0. The van der Waals surface area contributed by atoms with Crippen LogP contribution in [0.4, 0.5) is 16.2 Å². The average molecular weight is 516 g/mol. The third-order valence-corrected chi connectivity index (χ3v) is 5.65. The molecule has 10 nitrogen and oxygen atoms in total. The third kappa shape index (κ3) is 6.22. The lowest BCUT2D eigenvalue weighted by Gasteiger charge is -2.13. The molecule has 0 radical (unpaired) electrons. The van der Waals surface area contributed by atoms with Crippen molar-refractivity contribution < 1.29 is 33.4 Å². The number of imide groups is 1. The van der Waals surface area contributed by atoms with Crippen LogP contribution in [-0.4, -0.2) is 47.8 Å². The molecule has 4 amide bonds. The maximum Gasteiger partial charge on any atom is 0.513 e. The first kappa shape index (κ1) is 26.1. The van der Waals surface area contributed by atoms with Gasteiger partial charge in [-0.3, -0.25) is 24.1 Å². The van der Waals surface area contributed by atoms with Crippen molar-refractivity contribution in [3.8, 4) is 5.75 Å². The van der Waals surface area contributed by atoms with Crippen LogP contribution in [0, 0.1) is 0 Å². The predicted molar refractivity (Wildman–Crippen MR) is 138 cm³/mol. The van der Waals surface area contributed by atoms with E-state index in [9.17, 15) is 24.0 Å². The van der Waals surface area contributed by atoms with Gasteiger partial charge in [0.1, 0.15) is 5.75 Å². The molecule has 2 N–H and O–H groups in total. The highest BCUT2D eigenvalue weighted by Gasteiger charge is 2.34. The molecule has 0 bridgehead atoms. The Morgan fingerprint density at radius 3 is 2.08 bits per heavy atom. The molecule has 0 saturated heterocycles. The van der Waals surface area contributed by atoms with Gasteiger partial charge in [0, 0.05) is 29.9 Å². The van der Waals surface area contributed by atoms with Gasteiger partial charge in [-0.25, -0.2) is 4.79 Å². The number of nitrogens with zero attached hydrogens (tertiary/aromatic N) is 1. The number of anilines is 2. The molecule has 0 spiro atoms. The zero-order chi connectivity index (χ0) is 27.1. The van der Waals surface area contributed by atoms with Gasteiger partial charge in [0.05, 0.1) is 17.7 Å². The van der Waals surface area contributed by atoms with E-state index in [2.05, 4.69) is 10.6 Å². The van der Waals surface area contributed by atoms with Crippen molar-refractivity contribution >= 4 is 41.2 Å². The Balaban J connectivity index is 1.26. The molecule has 1 aliphatic rings. The second kappa shape index (κ2) is 11.8. The van der Waals surface area contributed by atoms with Crippen LogP contribution < -0.4 is 15.4 Å². The summed E-state index contributed by atoms with van der Waals surface area (Å²) in [5, 5.41) is 5.50. The van der Waals surface area contributed by atoms with Gasteiger partial charge in [-0.05, 0) is 67.9 Å². The highest BCUT2D eigenvalue weighted by molar-refractivity contribution is 6.21. The van der Waals surface area contributed by atoms with Gasteiger partial charge in [-0.15, -0.1) is 0 Å². The molecule has 10 heteroatoms. The number of ether oxygens (including phenoxy) is 2. The number of benzene rings is 3. The number of carbonyl (C=O) groups excluding carboxylic acids is 5. The van der Waals surface area contributed by atoms with E-state index in [1.807, 2.05) is 0 Å². The van der Waals surface area contributed by atoms with Crippen LogP contribution in [-0.2, 0) is 9.53 Å². The lowest BCUT2D eigenvalue weighted by Crippen LogP contribution is -2.31. The molecule has 38 heavy (non-hydrogen) atoms. The van der Waals surface area contributed by atoms with Crippen molar-refractivity contribution in [1.82, 2.24) is 4.90 Å². The van der Waals surface area contributed by atoms with Gasteiger partial charge in [-0.2, -0.15) is 0 Å². The molecule has 1 aliphatic heterocycles. The third-order valence-electron chi connectivity index (χ3n) is 5.65. The predicted octanol–water partition coefficient (Wildman–Crippen LogP) is 4.49. The fourth-order valence-electron chi connectivity index (χ4n) is 3.86. The Morgan fingerprint density at radius 2 is 1.45 bits per heavy atom. The summed E-state index contributed by atoms with van der Waals surface area (Å²) in [6.45, 7) is 1.99. The topological polar surface area (TPSA) is 131 Å². The molecule has 1 heterocycles. The molecular formula is C28H25N3O7. The van der Waals surface area contributed by atoms with Gasteiger partial charge in [-0.1, -0.05) is 18.2 Å². The molecular weight excluding hydrogens is 490 g/mol. The lowest BCUT2D eigenvalue weighted by atomic mass is 10.1. The minimum Gasteiger partial charge on any atom is -0.434 e. The van der Waals surface area contributed by atoms with Crippen LogP contribution in [0.2, 0.25) is 0 Å². The maximum atomic E-state index is 12.6. The first-order valence-corrected chi connectivity index (χ1v) is 12.0. The molecule has 4 rings (SSSR count). The molecule has 0 saturated carbocycles. The molecule has 3 aromatic rings. The van der Waals surface area contributed by atoms with Crippen LogP contribution in [0.5, 0.6) is 5.75 Å². The van der Waals surface area contributed by atoms with Crippen molar-refractivity contribution in [2.24, 2.45) is 0 Å². The van der Waals surface area contributed by atoms with E-state index in [-0.39, 0.29) is 43.0 Å². The largest absolute Gasteiger partial charge is 0.513 e. The SMILES string of the molecule is CCOC(=O)Oc1ccc(C(=O)Nc2cccc(NC(=O)CCCN3C(=O)c4ccccc4C3=O)c2)cc1. The van der Waals surface area contributed by atoms with E-state index in [1.165, 1.54) is 24.3 Å². The van der Waals surface area contributed by atoms with Crippen molar-refractivity contribution in [3.05, 3.63) is 89.5 Å². The first-order valence-electron chi connectivity index (χ1n) is 12.0. The van der Waals surface area contributed by atoms with Crippen LogP contribution >= 0.6 is 0 Å². The van der Waals surface area contributed by atoms with Gasteiger partial charge < -0.3 is 20.1 Å². The average Bonchev–Trinajstić information content (AvgIpc) is 3.14. The Morgan fingerprint density at radius 1 is 0.816 bits per heavy atom. The second-order valence-corrected chi connectivity index (χ2v) is 8.30. The second-order valence-electron chi connectivity index (χ2n) is 8.30. The minimum absolute atomic E-state index is 0.101. The summed E-state index contributed by atoms with van der Waals surface area (Å²) in [4.78, 5) is 62.4. The standard InChI is InChI=1S/C28H25N3O7/c1-2-37-28(36)38-21-14-12-18(13-15-21)25(33)30-20-8-5-7-19(17-20)29-24(32)11-6-16-31-26(34)22-9-3-4-10-23(22)27(31)35/h3-5,7-10,12-15,17H,2,6,11,16H2,1H3,(H,29,32)(H,30,33). The number of amides is 4. The zero-order valence-electron chi connectivity index (χ0n) is 20.6. The van der Waals surface area contributed by atoms with Gasteiger partial charge >= 0.3 is 6.16 Å². The quantitative estimate of drug-likeness (QED) is 0.244. The summed E-state index contributed by atoms with van der Waals surface area (Å²) in [5.41, 5.74) is 2.03. The summed E-state index contributed by atoms with van der Waals surface area (Å²) in [6.07, 6.45) is -0.416. The number of nitrogens with one attached hydrogen (secondary N) is 2. The van der Waals surface area contributed by atoms with E-state index in [0.29, 0.717) is 34.5 Å². The van der Waals surface area contributed by atoms with Crippen LogP contribution in [0.3, 0.4) is 0 Å². The smallest absolute Gasteiger partial charge is 0.434 e. The monoisotopic (exact) mass is 515 g/mol. The normalized spacial score (nSPS) is 12.1. The van der Waals surface area contributed by atoms with Crippen LogP contribution in [0.25, 0.3) is 0 Å². The van der Waals surface area contributed by atoms with Crippen LogP contribution in [0.1, 0.15) is 50.8 Å². The number of hydrogen-bond acceptors (Lipinski definition) is 7. The lowest BCUT2D eigenvalue weighted by molar-refractivity contribution is -0.116. The molecule has 0 fully saturated rings. The van der Waals surface area contributed by atoms with E-state index in [1.54, 1.807) is 55.5 Å². The van der Waals surface area contributed by atoms with Crippen molar-refractivity contribution in [2.45, 2.75) is 19.8 Å². The molecule has 0 aromatic heterocycles. The van der Waals surface area contributed by atoms with E-state index in [4.69, 9.17) is 9.47 Å². The highest BCUT2D eigenvalue weighted by Crippen LogP contribution is 2.23. The maximum absolute atomic E-state index is 12.6. The Bertz CT molecular complexity index is 1350. The van der Waals surface area contributed by atoms with E-state index < -0.39 is 12.1 Å². The fourth-order valence-corrected chi connectivity index (χ4v) is 3.86. The summed E-state index contributed by atoms with van der Waals surface area (Å²) < 4.78 is 9.68. The van der Waals surface area contributed by atoms with Crippen molar-refractivity contribution in [2.75, 3.05) is 23.8 Å². The molecule has 0 atom stereocenters. The molecule has 3 aromatic carbocycles. The summed E-state index contributed by atoms with van der Waals surface area (Å²) >= 11 is 0. The van der Waals surface area contributed by atoms with Gasteiger partial charge in [0.2, 0.25) is 5.91 Å². The van der Waals surface area contributed by atoms with Gasteiger partial charge in [0.15, 0.2) is 0 Å². The van der Waals surface area contributed by atoms with Crippen LogP contribution in [0.15, 0.2) is 72.8 Å². The number of fused-ring (bicyclic) bond motifs is 1. The minimum atomic E-state index is -0.827. The van der Waals surface area contributed by atoms with E-state index >= 15 is 0 Å².